The molecule has 0 amide bonds. The maximum atomic E-state index is 11.5. The number of nitrogens with one attached hydrogen (secondary N) is 1. The van der Waals surface area contributed by atoms with Crippen LogP contribution in [0.4, 0.5) is 5.69 Å². The Morgan fingerprint density at radius 3 is 2.59 bits per heavy atom. The van der Waals surface area contributed by atoms with Crippen molar-refractivity contribution in [1.29, 1.82) is 0 Å². The van der Waals surface area contributed by atoms with Gasteiger partial charge in [0.1, 0.15) is 0 Å². The molecule has 0 fully saturated rings. The number of hydrogen-bond acceptors (Lipinski definition) is 3. The summed E-state index contributed by atoms with van der Waals surface area (Å²) in [4.78, 5) is 0. The quantitative estimate of drug-likeness (QED) is 0.893. The highest BCUT2D eigenvalue weighted by molar-refractivity contribution is 9.10. The van der Waals surface area contributed by atoms with Crippen LogP contribution in [0.3, 0.4) is 0 Å². The molecule has 1 aromatic carbocycles. The van der Waals surface area contributed by atoms with Crippen molar-refractivity contribution in [3.05, 3.63) is 21.6 Å². The zero-order valence-electron chi connectivity index (χ0n) is 9.46. The molecule has 1 N–H and O–H groups in total. The van der Waals surface area contributed by atoms with Crippen molar-refractivity contribution in [3.8, 4) is 5.75 Å². The highest BCUT2D eigenvalue weighted by Gasteiger charge is 2.15. The van der Waals surface area contributed by atoms with Gasteiger partial charge in [0.2, 0.25) is 10.0 Å². The maximum Gasteiger partial charge on any atom is 0.232 e. The summed E-state index contributed by atoms with van der Waals surface area (Å²) in [5.74, 6) is 0.428. The van der Waals surface area contributed by atoms with Crippen molar-refractivity contribution in [2.45, 2.75) is 13.8 Å². The Labute approximate surface area is 114 Å². The highest BCUT2D eigenvalue weighted by Crippen LogP contribution is 2.37. The Kier molecular flexibility index (Phi) is 5.09. The fourth-order valence-electron chi connectivity index (χ4n) is 1.17. The van der Waals surface area contributed by atoms with Crippen LogP contribution in [0.2, 0.25) is 5.02 Å². The van der Waals surface area contributed by atoms with Crippen LogP contribution in [0.1, 0.15) is 13.8 Å². The van der Waals surface area contributed by atoms with Crippen molar-refractivity contribution in [3.63, 3.8) is 0 Å². The smallest absolute Gasteiger partial charge is 0.232 e. The number of sulfonamides is 1. The lowest BCUT2D eigenvalue weighted by molar-refractivity contribution is 0.340. The van der Waals surface area contributed by atoms with Gasteiger partial charge in [0, 0.05) is 5.02 Å². The van der Waals surface area contributed by atoms with Gasteiger partial charge in [0.15, 0.2) is 5.75 Å². The number of hydrogen-bond donors (Lipinski definition) is 1. The molecule has 1 rings (SSSR count). The monoisotopic (exact) mass is 341 g/mol. The summed E-state index contributed by atoms with van der Waals surface area (Å²) >= 11 is 9.16. The zero-order chi connectivity index (χ0) is 13.1. The summed E-state index contributed by atoms with van der Waals surface area (Å²) in [7, 11) is -3.36. The van der Waals surface area contributed by atoms with Gasteiger partial charge in [-0.15, -0.1) is 0 Å². The van der Waals surface area contributed by atoms with Crippen LogP contribution in [0, 0.1) is 0 Å². The first-order valence-electron chi connectivity index (χ1n) is 5.02. The molecule has 0 aromatic heterocycles. The van der Waals surface area contributed by atoms with Crippen LogP contribution in [0.25, 0.3) is 0 Å². The molecule has 0 unspecified atom stereocenters. The SMILES string of the molecule is CCOc1c(Br)cc(Cl)cc1NS(=O)(=O)CC. The molecule has 0 aliphatic rings. The second kappa shape index (κ2) is 5.93. The van der Waals surface area contributed by atoms with E-state index in [9.17, 15) is 8.42 Å². The van der Waals surface area contributed by atoms with Crippen molar-refractivity contribution < 1.29 is 13.2 Å². The van der Waals surface area contributed by atoms with Gasteiger partial charge < -0.3 is 4.74 Å². The molecule has 0 saturated heterocycles. The van der Waals surface area contributed by atoms with Crippen molar-refractivity contribution >= 4 is 43.2 Å². The molecule has 4 nitrogen and oxygen atoms in total. The second-order valence-electron chi connectivity index (χ2n) is 3.20. The van der Waals surface area contributed by atoms with Gasteiger partial charge >= 0.3 is 0 Å². The highest BCUT2D eigenvalue weighted by atomic mass is 79.9. The summed E-state index contributed by atoms with van der Waals surface area (Å²) in [5, 5.41) is 0.425. The van der Waals surface area contributed by atoms with E-state index in [0.29, 0.717) is 27.5 Å². The van der Waals surface area contributed by atoms with Gasteiger partial charge in [-0.1, -0.05) is 11.6 Å². The second-order valence-corrected chi connectivity index (χ2v) is 6.50. The van der Waals surface area contributed by atoms with Gasteiger partial charge in [-0.2, -0.15) is 0 Å². The van der Waals surface area contributed by atoms with E-state index in [1.54, 1.807) is 13.0 Å². The molecule has 7 heteroatoms. The molecule has 0 aliphatic heterocycles. The molecular weight excluding hydrogens is 330 g/mol. The average Bonchev–Trinajstić information content (AvgIpc) is 2.23. The molecule has 0 bridgehead atoms. The van der Waals surface area contributed by atoms with Crippen LogP contribution in [0.15, 0.2) is 16.6 Å². The number of rotatable bonds is 5. The molecule has 0 atom stereocenters. The molecule has 0 aliphatic carbocycles. The molecular formula is C10H13BrClNO3S. The van der Waals surface area contributed by atoms with E-state index in [-0.39, 0.29) is 5.75 Å². The third kappa shape index (κ3) is 4.04. The minimum Gasteiger partial charge on any atom is -0.490 e. The summed E-state index contributed by atoms with van der Waals surface area (Å²) in [6.07, 6.45) is 0. The predicted molar refractivity (Wildman–Crippen MR) is 73.4 cm³/mol. The van der Waals surface area contributed by atoms with Crippen molar-refractivity contribution in [1.82, 2.24) is 0 Å². The van der Waals surface area contributed by atoms with Crippen molar-refractivity contribution in [2.75, 3.05) is 17.1 Å². The van der Waals surface area contributed by atoms with Gasteiger partial charge in [0.25, 0.3) is 0 Å². The lowest BCUT2D eigenvalue weighted by atomic mass is 10.3. The largest absolute Gasteiger partial charge is 0.490 e. The molecule has 0 heterocycles. The van der Waals surface area contributed by atoms with E-state index in [4.69, 9.17) is 16.3 Å². The van der Waals surface area contributed by atoms with Gasteiger partial charge in [-0.3, -0.25) is 4.72 Å². The predicted octanol–water partition coefficient (Wildman–Crippen LogP) is 3.26. The van der Waals surface area contributed by atoms with Crippen LogP contribution in [-0.4, -0.2) is 20.8 Å². The summed E-state index contributed by atoms with van der Waals surface area (Å²) < 4.78 is 31.5. The van der Waals surface area contributed by atoms with E-state index >= 15 is 0 Å². The third-order valence-electron chi connectivity index (χ3n) is 1.94. The van der Waals surface area contributed by atoms with Gasteiger partial charge in [0.05, 0.1) is 22.5 Å². The fraction of sp³-hybridized carbons (Fsp3) is 0.400. The molecule has 96 valence electrons. The first kappa shape index (κ1) is 14.6. The summed E-state index contributed by atoms with van der Waals surface area (Å²) in [5.41, 5.74) is 0.341. The lowest BCUT2D eigenvalue weighted by Gasteiger charge is -2.14. The van der Waals surface area contributed by atoms with Crippen LogP contribution >= 0.6 is 27.5 Å². The summed E-state index contributed by atoms with van der Waals surface area (Å²) in [6.45, 7) is 3.81. The Morgan fingerprint density at radius 2 is 2.06 bits per heavy atom. The topological polar surface area (TPSA) is 55.4 Å². The Morgan fingerprint density at radius 1 is 1.41 bits per heavy atom. The normalized spacial score (nSPS) is 11.3. The van der Waals surface area contributed by atoms with Gasteiger partial charge in [-0.05, 0) is 41.9 Å². The first-order chi connectivity index (χ1) is 7.89. The standard InChI is InChI=1S/C10H13BrClNO3S/c1-3-16-10-8(11)5-7(12)6-9(10)13-17(14,15)4-2/h5-6,13H,3-4H2,1-2H3. The van der Waals surface area contributed by atoms with Gasteiger partial charge in [-0.25, -0.2) is 8.42 Å². The molecule has 0 radical (unpaired) electrons. The Hall–Kier alpha value is -0.460. The third-order valence-corrected chi connectivity index (χ3v) is 4.04. The fourth-order valence-corrected chi connectivity index (χ4v) is 2.72. The number of halogens is 2. The van der Waals surface area contributed by atoms with Crippen LogP contribution in [-0.2, 0) is 10.0 Å². The minimum atomic E-state index is -3.36. The van der Waals surface area contributed by atoms with E-state index in [0.717, 1.165) is 0 Å². The van der Waals surface area contributed by atoms with Crippen LogP contribution in [0.5, 0.6) is 5.75 Å². The number of anilines is 1. The minimum absolute atomic E-state index is 0.0112. The van der Waals surface area contributed by atoms with E-state index < -0.39 is 10.0 Å². The molecule has 0 spiro atoms. The van der Waals surface area contributed by atoms with Crippen molar-refractivity contribution in [2.24, 2.45) is 0 Å². The first-order valence-corrected chi connectivity index (χ1v) is 7.84. The molecule has 0 saturated carbocycles. The molecule has 1 aromatic rings. The number of ether oxygens (including phenoxy) is 1. The van der Waals surface area contributed by atoms with E-state index in [2.05, 4.69) is 20.7 Å². The Balaban J connectivity index is 3.21. The molecule has 17 heavy (non-hydrogen) atoms. The van der Waals surface area contributed by atoms with E-state index in [1.165, 1.54) is 6.07 Å². The average molecular weight is 343 g/mol. The van der Waals surface area contributed by atoms with E-state index in [1.807, 2.05) is 6.92 Å². The lowest BCUT2D eigenvalue weighted by Crippen LogP contribution is -2.15. The zero-order valence-corrected chi connectivity index (χ0v) is 12.6. The number of benzene rings is 1. The summed E-state index contributed by atoms with van der Waals surface area (Å²) in [6, 6.07) is 3.17. The van der Waals surface area contributed by atoms with Crippen LogP contribution < -0.4 is 9.46 Å². The Bertz CT molecular complexity index is 505. The maximum absolute atomic E-state index is 11.5.